The predicted molar refractivity (Wildman–Crippen MR) is 80.5 cm³/mol. The van der Waals surface area contributed by atoms with Crippen molar-refractivity contribution in [1.82, 2.24) is 0 Å². The molecule has 19 heavy (non-hydrogen) atoms. The molecule has 0 aliphatic rings. The minimum absolute atomic E-state index is 0.571. The van der Waals surface area contributed by atoms with Crippen molar-refractivity contribution in [3.05, 3.63) is 65.7 Å². The SMILES string of the molecule is CCN(CC)c1ccccc1C(O)c1ccccc1. The molecule has 2 heteroatoms. The van der Waals surface area contributed by atoms with Gasteiger partial charge in [-0.2, -0.15) is 0 Å². The largest absolute Gasteiger partial charge is 0.384 e. The average Bonchev–Trinajstić information content (AvgIpc) is 2.49. The lowest BCUT2D eigenvalue weighted by Crippen LogP contribution is -2.23. The molecule has 2 nitrogen and oxygen atoms in total. The monoisotopic (exact) mass is 255 g/mol. The summed E-state index contributed by atoms with van der Waals surface area (Å²) < 4.78 is 0. The fraction of sp³-hybridized carbons (Fsp3) is 0.294. The minimum atomic E-state index is -0.571. The van der Waals surface area contributed by atoms with E-state index in [0.717, 1.165) is 29.9 Å². The minimum Gasteiger partial charge on any atom is -0.384 e. The molecule has 1 unspecified atom stereocenters. The lowest BCUT2D eigenvalue weighted by atomic mass is 9.99. The standard InChI is InChI=1S/C17H21NO/c1-3-18(4-2)16-13-9-8-12-15(16)17(19)14-10-6-5-7-11-14/h5-13,17,19H,3-4H2,1-2H3. The van der Waals surface area contributed by atoms with E-state index in [9.17, 15) is 5.11 Å². The van der Waals surface area contributed by atoms with Crippen LogP contribution in [0.2, 0.25) is 0 Å². The maximum atomic E-state index is 10.6. The van der Waals surface area contributed by atoms with Gasteiger partial charge in [-0.3, -0.25) is 0 Å². The maximum absolute atomic E-state index is 10.6. The van der Waals surface area contributed by atoms with E-state index in [2.05, 4.69) is 24.8 Å². The van der Waals surface area contributed by atoms with Crippen LogP contribution in [0.1, 0.15) is 31.1 Å². The molecular formula is C17H21NO. The first-order chi connectivity index (χ1) is 9.27. The Kier molecular flexibility index (Phi) is 4.58. The van der Waals surface area contributed by atoms with Gasteiger partial charge in [-0.15, -0.1) is 0 Å². The van der Waals surface area contributed by atoms with Crippen LogP contribution in [0.3, 0.4) is 0 Å². The molecule has 0 saturated carbocycles. The van der Waals surface area contributed by atoms with E-state index in [-0.39, 0.29) is 0 Å². The third-order valence-electron chi connectivity index (χ3n) is 3.45. The zero-order chi connectivity index (χ0) is 13.7. The summed E-state index contributed by atoms with van der Waals surface area (Å²) in [6.07, 6.45) is -0.571. The Balaban J connectivity index is 2.39. The molecule has 100 valence electrons. The molecule has 1 N–H and O–H groups in total. The summed E-state index contributed by atoms with van der Waals surface area (Å²) in [4.78, 5) is 2.27. The molecule has 0 aliphatic carbocycles. The number of hydrogen-bond donors (Lipinski definition) is 1. The van der Waals surface area contributed by atoms with Gasteiger partial charge in [0.05, 0.1) is 0 Å². The molecule has 0 saturated heterocycles. The second-order valence-electron chi connectivity index (χ2n) is 4.54. The van der Waals surface area contributed by atoms with Crippen LogP contribution in [0.5, 0.6) is 0 Å². The van der Waals surface area contributed by atoms with Crippen molar-refractivity contribution in [2.75, 3.05) is 18.0 Å². The van der Waals surface area contributed by atoms with Gasteiger partial charge in [0.1, 0.15) is 6.10 Å². The van der Waals surface area contributed by atoms with Crippen molar-refractivity contribution in [3.8, 4) is 0 Å². The first-order valence-corrected chi connectivity index (χ1v) is 6.84. The quantitative estimate of drug-likeness (QED) is 0.882. The Hall–Kier alpha value is -1.80. The maximum Gasteiger partial charge on any atom is 0.106 e. The molecule has 1 atom stereocenters. The van der Waals surface area contributed by atoms with Gasteiger partial charge in [0.2, 0.25) is 0 Å². The van der Waals surface area contributed by atoms with Crippen LogP contribution in [0.4, 0.5) is 5.69 Å². The molecule has 0 spiro atoms. The Morgan fingerprint density at radius 2 is 1.47 bits per heavy atom. The lowest BCUT2D eigenvalue weighted by Gasteiger charge is -2.26. The van der Waals surface area contributed by atoms with Crippen molar-refractivity contribution < 1.29 is 5.11 Å². The van der Waals surface area contributed by atoms with Gasteiger partial charge in [0, 0.05) is 24.3 Å². The number of benzene rings is 2. The summed E-state index contributed by atoms with van der Waals surface area (Å²) in [5, 5.41) is 10.6. The first kappa shape index (κ1) is 13.6. The second kappa shape index (κ2) is 6.39. The first-order valence-electron chi connectivity index (χ1n) is 6.84. The highest BCUT2D eigenvalue weighted by atomic mass is 16.3. The van der Waals surface area contributed by atoms with E-state index in [1.807, 2.05) is 48.5 Å². The molecular weight excluding hydrogens is 234 g/mol. The van der Waals surface area contributed by atoms with Crippen LogP contribution < -0.4 is 4.90 Å². The summed E-state index contributed by atoms with van der Waals surface area (Å²) >= 11 is 0. The Morgan fingerprint density at radius 1 is 0.895 bits per heavy atom. The lowest BCUT2D eigenvalue weighted by molar-refractivity contribution is 0.220. The van der Waals surface area contributed by atoms with Crippen LogP contribution in [0.25, 0.3) is 0 Å². The fourth-order valence-corrected chi connectivity index (χ4v) is 2.39. The van der Waals surface area contributed by atoms with E-state index < -0.39 is 6.10 Å². The van der Waals surface area contributed by atoms with Gasteiger partial charge in [0.25, 0.3) is 0 Å². The number of nitrogens with zero attached hydrogens (tertiary/aromatic N) is 1. The van der Waals surface area contributed by atoms with Crippen LogP contribution >= 0.6 is 0 Å². The zero-order valence-corrected chi connectivity index (χ0v) is 11.6. The van der Waals surface area contributed by atoms with Crippen LogP contribution in [0.15, 0.2) is 54.6 Å². The van der Waals surface area contributed by atoms with Crippen molar-refractivity contribution in [1.29, 1.82) is 0 Å². The van der Waals surface area contributed by atoms with Crippen LogP contribution in [0, 0.1) is 0 Å². The summed E-state index contributed by atoms with van der Waals surface area (Å²) in [5.74, 6) is 0. The van der Waals surface area contributed by atoms with Gasteiger partial charge in [-0.25, -0.2) is 0 Å². The number of para-hydroxylation sites is 1. The molecule has 0 fully saturated rings. The van der Waals surface area contributed by atoms with Gasteiger partial charge in [0.15, 0.2) is 0 Å². The van der Waals surface area contributed by atoms with Gasteiger partial charge in [-0.1, -0.05) is 48.5 Å². The van der Waals surface area contributed by atoms with E-state index in [0.29, 0.717) is 0 Å². The van der Waals surface area contributed by atoms with Crippen molar-refractivity contribution >= 4 is 5.69 Å². The molecule has 0 bridgehead atoms. The highest BCUT2D eigenvalue weighted by molar-refractivity contribution is 5.56. The number of aliphatic hydroxyl groups excluding tert-OH is 1. The fourth-order valence-electron chi connectivity index (χ4n) is 2.39. The second-order valence-corrected chi connectivity index (χ2v) is 4.54. The van der Waals surface area contributed by atoms with Gasteiger partial charge >= 0.3 is 0 Å². The predicted octanol–water partition coefficient (Wildman–Crippen LogP) is 3.61. The Bertz CT molecular complexity index is 506. The van der Waals surface area contributed by atoms with Crippen LogP contribution in [-0.2, 0) is 0 Å². The number of rotatable bonds is 5. The van der Waals surface area contributed by atoms with E-state index >= 15 is 0 Å². The normalized spacial score (nSPS) is 12.2. The van der Waals surface area contributed by atoms with E-state index in [1.165, 1.54) is 0 Å². The van der Waals surface area contributed by atoms with Gasteiger partial charge in [-0.05, 0) is 25.5 Å². The molecule has 2 aromatic rings. The third kappa shape index (κ3) is 2.96. The highest BCUT2D eigenvalue weighted by Gasteiger charge is 2.16. The molecule has 0 heterocycles. The van der Waals surface area contributed by atoms with Crippen molar-refractivity contribution in [2.24, 2.45) is 0 Å². The highest BCUT2D eigenvalue weighted by Crippen LogP contribution is 2.30. The molecule has 2 aromatic carbocycles. The van der Waals surface area contributed by atoms with Crippen molar-refractivity contribution in [3.63, 3.8) is 0 Å². The summed E-state index contributed by atoms with van der Waals surface area (Å²) in [7, 11) is 0. The van der Waals surface area contributed by atoms with E-state index in [4.69, 9.17) is 0 Å². The summed E-state index contributed by atoms with van der Waals surface area (Å²) in [5.41, 5.74) is 3.02. The number of hydrogen-bond acceptors (Lipinski definition) is 2. The summed E-state index contributed by atoms with van der Waals surface area (Å²) in [6, 6.07) is 17.9. The topological polar surface area (TPSA) is 23.5 Å². The molecule has 2 rings (SSSR count). The number of anilines is 1. The third-order valence-corrected chi connectivity index (χ3v) is 3.45. The molecule has 0 amide bonds. The Morgan fingerprint density at radius 3 is 2.11 bits per heavy atom. The summed E-state index contributed by atoms with van der Waals surface area (Å²) in [6.45, 7) is 6.15. The molecule has 0 aromatic heterocycles. The van der Waals surface area contributed by atoms with Gasteiger partial charge < -0.3 is 10.0 Å². The number of aliphatic hydroxyl groups is 1. The molecule has 0 radical (unpaired) electrons. The van der Waals surface area contributed by atoms with Crippen molar-refractivity contribution in [2.45, 2.75) is 20.0 Å². The average molecular weight is 255 g/mol. The van der Waals surface area contributed by atoms with E-state index in [1.54, 1.807) is 0 Å². The zero-order valence-electron chi connectivity index (χ0n) is 11.6. The van der Waals surface area contributed by atoms with Crippen LogP contribution in [-0.4, -0.2) is 18.2 Å². The Labute approximate surface area is 115 Å². The smallest absolute Gasteiger partial charge is 0.106 e. The molecule has 0 aliphatic heterocycles.